The van der Waals surface area contributed by atoms with Crippen molar-refractivity contribution in [1.29, 1.82) is 0 Å². The Labute approximate surface area is 171 Å². The molecule has 0 bridgehead atoms. The molecule has 0 saturated heterocycles. The molecule has 0 radical (unpaired) electrons. The van der Waals surface area contributed by atoms with Crippen molar-refractivity contribution >= 4 is 5.97 Å². The molecule has 4 nitrogen and oxygen atoms in total. The molecule has 2 aromatic rings. The second-order valence-corrected chi connectivity index (χ2v) is 9.29. The zero-order valence-corrected chi connectivity index (χ0v) is 17.4. The first-order chi connectivity index (χ1) is 13.6. The van der Waals surface area contributed by atoms with Crippen molar-refractivity contribution in [3.8, 4) is 11.5 Å². The molecule has 2 aliphatic rings. The number of fused-ring (bicyclic) bond motifs is 3. The van der Waals surface area contributed by atoms with Crippen LogP contribution in [0.2, 0.25) is 0 Å². The first kappa shape index (κ1) is 19.6. The first-order valence-corrected chi connectivity index (χ1v) is 10.2. The fourth-order valence-electron chi connectivity index (χ4n) is 4.95. The second-order valence-electron chi connectivity index (χ2n) is 9.29. The highest BCUT2D eigenvalue weighted by Gasteiger charge is 2.47. The highest BCUT2D eigenvalue weighted by molar-refractivity contribution is 5.87. The molecule has 2 aromatic carbocycles. The van der Waals surface area contributed by atoms with Crippen molar-refractivity contribution in [3.63, 3.8) is 0 Å². The van der Waals surface area contributed by atoms with Crippen molar-refractivity contribution < 1.29 is 19.7 Å². The normalized spacial score (nSPS) is 22.7. The summed E-state index contributed by atoms with van der Waals surface area (Å²) in [6.07, 6.45) is 2.85. The first-order valence-electron chi connectivity index (χ1n) is 10.2. The SMILES string of the molecule is CC(C)(c1ccccc1)c1cc(O)c2c(c1)OC(C)(C)[C@@H]1CC=C(C(=O)O)C[C@@H]21. The number of rotatable bonds is 3. The maximum absolute atomic E-state index is 11.6. The summed E-state index contributed by atoms with van der Waals surface area (Å²) >= 11 is 0. The Balaban J connectivity index is 1.82. The average Bonchev–Trinajstić information content (AvgIpc) is 2.67. The van der Waals surface area contributed by atoms with Gasteiger partial charge in [0.2, 0.25) is 0 Å². The predicted octanol–water partition coefficient (Wildman–Crippen LogP) is 5.39. The van der Waals surface area contributed by atoms with Crippen LogP contribution in [0.25, 0.3) is 0 Å². The number of carbonyl (C=O) groups is 1. The van der Waals surface area contributed by atoms with Gasteiger partial charge in [0.1, 0.15) is 17.1 Å². The van der Waals surface area contributed by atoms with Gasteiger partial charge in [0.25, 0.3) is 0 Å². The lowest BCUT2D eigenvalue weighted by Crippen LogP contribution is -2.46. The Hall–Kier alpha value is -2.75. The summed E-state index contributed by atoms with van der Waals surface area (Å²) in [4.78, 5) is 11.6. The number of hydrogen-bond acceptors (Lipinski definition) is 3. The molecular formula is C25H28O4. The van der Waals surface area contributed by atoms with E-state index in [0.717, 1.165) is 16.7 Å². The quantitative estimate of drug-likeness (QED) is 0.734. The van der Waals surface area contributed by atoms with Gasteiger partial charge in [-0.25, -0.2) is 4.79 Å². The van der Waals surface area contributed by atoms with Crippen LogP contribution in [0.15, 0.2) is 54.1 Å². The third kappa shape index (κ3) is 3.21. The summed E-state index contributed by atoms with van der Waals surface area (Å²) < 4.78 is 6.40. The number of aliphatic carboxylic acids is 1. The van der Waals surface area contributed by atoms with Gasteiger partial charge in [-0.3, -0.25) is 0 Å². The van der Waals surface area contributed by atoms with Crippen molar-refractivity contribution in [3.05, 3.63) is 70.8 Å². The number of phenols is 1. The molecular weight excluding hydrogens is 364 g/mol. The van der Waals surface area contributed by atoms with Gasteiger partial charge in [0.05, 0.1) is 0 Å². The van der Waals surface area contributed by atoms with Crippen LogP contribution < -0.4 is 4.74 Å². The minimum atomic E-state index is -0.879. The van der Waals surface area contributed by atoms with Crippen LogP contribution in [0.1, 0.15) is 63.1 Å². The molecule has 4 heteroatoms. The maximum Gasteiger partial charge on any atom is 0.331 e. The fraction of sp³-hybridized carbons (Fsp3) is 0.400. The monoisotopic (exact) mass is 392 g/mol. The van der Waals surface area contributed by atoms with Gasteiger partial charge in [-0.2, -0.15) is 0 Å². The topological polar surface area (TPSA) is 66.8 Å². The highest BCUT2D eigenvalue weighted by atomic mass is 16.5. The van der Waals surface area contributed by atoms with Gasteiger partial charge >= 0.3 is 5.97 Å². The van der Waals surface area contributed by atoms with E-state index < -0.39 is 11.6 Å². The van der Waals surface area contributed by atoms with E-state index in [9.17, 15) is 15.0 Å². The molecule has 1 aliphatic heterocycles. The molecule has 29 heavy (non-hydrogen) atoms. The Bertz CT molecular complexity index is 985. The number of carboxylic acids is 1. The molecule has 2 atom stereocenters. The van der Waals surface area contributed by atoms with Gasteiger partial charge in [0, 0.05) is 28.4 Å². The Kier molecular flexibility index (Phi) is 4.49. The number of hydrogen-bond donors (Lipinski definition) is 2. The van der Waals surface area contributed by atoms with E-state index >= 15 is 0 Å². The zero-order chi connectivity index (χ0) is 21.0. The average molecular weight is 392 g/mol. The number of ether oxygens (including phenoxy) is 1. The van der Waals surface area contributed by atoms with E-state index in [-0.39, 0.29) is 23.0 Å². The molecule has 0 unspecified atom stereocenters. The number of allylic oxidation sites excluding steroid dienone is 1. The number of aromatic hydroxyl groups is 1. The summed E-state index contributed by atoms with van der Waals surface area (Å²) in [6, 6.07) is 14.0. The fourth-order valence-corrected chi connectivity index (χ4v) is 4.95. The minimum absolute atomic E-state index is 0.0706. The van der Waals surface area contributed by atoms with Crippen LogP contribution in [0, 0.1) is 5.92 Å². The van der Waals surface area contributed by atoms with E-state index in [4.69, 9.17) is 4.74 Å². The summed E-state index contributed by atoms with van der Waals surface area (Å²) in [6.45, 7) is 8.37. The molecule has 2 N–H and O–H groups in total. The van der Waals surface area contributed by atoms with Gasteiger partial charge in [-0.05, 0) is 49.9 Å². The van der Waals surface area contributed by atoms with E-state index in [1.54, 1.807) is 0 Å². The highest BCUT2D eigenvalue weighted by Crippen LogP contribution is 2.55. The largest absolute Gasteiger partial charge is 0.508 e. The lowest BCUT2D eigenvalue weighted by molar-refractivity contribution is -0.133. The second kappa shape index (κ2) is 6.65. The molecule has 0 aromatic heterocycles. The molecule has 0 amide bonds. The van der Waals surface area contributed by atoms with E-state index in [0.29, 0.717) is 24.2 Å². The van der Waals surface area contributed by atoms with Crippen LogP contribution in [0.3, 0.4) is 0 Å². The third-order valence-electron chi connectivity index (χ3n) is 6.79. The summed E-state index contributed by atoms with van der Waals surface area (Å²) in [5.41, 5.74) is 2.54. The standard InChI is InChI=1S/C25H28O4/c1-24(2,16-8-6-5-7-9-16)17-13-20(26)22-18-12-15(23(27)28)10-11-19(18)25(3,4)29-21(22)14-17/h5-10,13-14,18-19,26H,11-12H2,1-4H3,(H,27,28)/t18-,19-/m1/s1. The maximum atomic E-state index is 11.6. The molecule has 4 rings (SSSR count). The number of phenolic OH excluding ortho intramolecular Hbond substituents is 1. The Morgan fingerprint density at radius 2 is 1.83 bits per heavy atom. The zero-order valence-electron chi connectivity index (χ0n) is 17.4. The molecule has 0 fully saturated rings. The summed E-state index contributed by atoms with van der Waals surface area (Å²) in [7, 11) is 0. The van der Waals surface area contributed by atoms with Crippen molar-refractivity contribution in [2.75, 3.05) is 0 Å². The Morgan fingerprint density at radius 1 is 1.14 bits per heavy atom. The van der Waals surface area contributed by atoms with Crippen molar-refractivity contribution in [1.82, 2.24) is 0 Å². The molecule has 152 valence electrons. The van der Waals surface area contributed by atoms with Gasteiger partial charge in [-0.15, -0.1) is 0 Å². The smallest absolute Gasteiger partial charge is 0.331 e. The summed E-state index contributed by atoms with van der Waals surface area (Å²) in [5.74, 6) is 0.0341. The Morgan fingerprint density at radius 3 is 2.48 bits per heavy atom. The van der Waals surface area contributed by atoms with Crippen molar-refractivity contribution in [2.45, 2.75) is 57.5 Å². The molecule has 1 heterocycles. The van der Waals surface area contributed by atoms with Crippen LogP contribution in [0.4, 0.5) is 0 Å². The van der Waals surface area contributed by atoms with Crippen LogP contribution in [0.5, 0.6) is 11.5 Å². The van der Waals surface area contributed by atoms with Crippen LogP contribution >= 0.6 is 0 Å². The molecule has 1 aliphatic carbocycles. The van der Waals surface area contributed by atoms with Crippen molar-refractivity contribution in [2.24, 2.45) is 5.92 Å². The number of benzene rings is 2. The van der Waals surface area contributed by atoms with Gasteiger partial charge < -0.3 is 14.9 Å². The minimum Gasteiger partial charge on any atom is -0.508 e. The van der Waals surface area contributed by atoms with Crippen LogP contribution in [-0.4, -0.2) is 21.8 Å². The van der Waals surface area contributed by atoms with Gasteiger partial charge in [-0.1, -0.05) is 50.3 Å². The van der Waals surface area contributed by atoms with Gasteiger partial charge in [0.15, 0.2) is 0 Å². The summed E-state index contributed by atoms with van der Waals surface area (Å²) in [5, 5.41) is 20.5. The van der Waals surface area contributed by atoms with E-state index in [1.807, 2.05) is 36.4 Å². The molecule has 0 spiro atoms. The lowest BCUT2D eigenvalue weighted by atomic mass is 9.66. The lowest BCUT2D eigenvalue weighted by Gasteiger charge is -2.47. The van der Waals surface area contributed by atoms with E-state index in [2.05, 4.69) is 39.8 Å². The third-order valence-corrected chi connectivity index (χ3v) is 6.79. The number of carboxylic acid groups (broad SMARTS) is 1. The molecule has 0 saturated carbocycles. The predicted molar refractivity (Wildman–Crippen MR) is 113 cm³/mol. The van der Waals surface area contributed by atoms with E-state index in [1.165, 1.54) is 0 Å². The van der Waals surface area contributed by atoms with Crippen LogP contribution in [-0.2, 0) is 10.2 Å².